The summed E-state index contributed by atoms with van der Waals surface area (Å²) in [4.78, 5) is 18.9. The molecule has 0 spiro atoms. The van der Waals surface area contributed by atoms with E-state index in [1.807, 2.05) is 44.2 Å². The van der Waals surface area contributed by atoms with E-state index >= 15 is 0 Å². The summed E-state index contributed by atoms with van der Waals surface area (Å²) < 4.78 is 1.76. The molecule has 0 unspecified atom stereocenters. The summed E-state index contributed by atoms with van der Waals surface area (Å²) in [5, 5.41) is 9.90. The molecule has 1 aliphatic carbocycles. The number of hydrogen-bond donors (Lipinski definition) is 1. The molecule has 0 saturated carbocycles. The van der Waals surface area contributed by atoms with Gasteiger partial charge in [-0.15, -0.1) is 0 Å². The fraction of sp³-hybridized carbons (Fsp3) is 0.286. The van der Waals surface area contributed by atoms with Gasteiger partial charge in [0, 0.05) is 23.1 Å². The number of benzene rings is 1. The van der Waals surface area contributed by atoms with Crippen molar-refractivity contribution in [1.82, 2.24) is 9.55 Å². The van der Waals surface area contributed by atoms with Crippen LogP contribution in [0.1, 0.15) is 62.7 Å². The van der Waals surface area contributed by atoms with E-state index in [2.05, 4.69) is 69.5 Å². The van der Waals surface area contributed by atoms with Gasteiger partial charge in [-0.2, -0.15) is 17.9 Å². The third kappa shape index (κ3) is 10.4. The maximum Gasteiger partial charge on any atom is 0.257 e. The standard InChI is InChI=1S/C32H37ClN2OS.C3H3N/c1-5-7-11-23(3)26-13-9-12-25(17-18-26)19-30-31(16-8-6-2)34-24(4)35(32(30)36)21-28(22-37)27-14-10-15-29(33)20-27;1-2-3-4/h5,7,9-12,14-15,17-18,20,22,37H,6,8,13,16,19,21H2,1-4H3;2H,1H2/b7-5-,23-11+,28-22-;. The predicted octanol–water partition coefficient (Wildman–Crippen LogP) is 9.09. The van der Waals surface area contributed by atoms with Gasteiger partial charge in [0.05, 0.1) is 18.3 Å². The van der Waals surface area contributed by atoms with Crippen molar-refractivity contribution in [3.8, 4) is 6.07 Å². The number of nitrogens with zero attached hydrogens (tertiary/aromatic N) is 3. The average molecular weight is 586 g/mol. The highest BCUT2D eigenvalue weighted by Crippen LogP contribution is 2.23. The van der Waals surface area contributed by atoms with Crippen molar-refractivity contribution >= 4 is 29.8 Å². The topological polar surface area (TPSA) is 58.7 Å². The van der Waals surface area contributed by atoms with Crippen molar-refractivity contribution in [2.24, 2.45) is 0 Å². The first-order valence-corrected chi connectivity index (χ1v) is 14.7. The molecule has 1 heterocycles. The number of rotatable bonds is 10. The molecule has 2 aromatic rings. The smallest absolute Gasteiger partial charge is 0.257 e. The fourth-order valence-corrected chi connectivity index (χ4v) is 4.79. The van der Waals surface area contributed by atoms with Crippen LogP contribution in [0, 0.1) is 18.3 Å². The van der Waals surface area contributed by atoms with Gasteiger partial charge in [0.1, 0.15) is 5.82 Å². The molecule has 41 heavy (non-hydrogen) atoms. The lowest BCUT2D eigenvalue weighted by Gasteiger charge is -2.17. The largest absolute Gasteiger partial charge is 0.292 e. The highest BCUT2D eigenvalue weighted by molar-refractivity contribution is 7.83. The fourth-order valence-electron chi connectivity index (χ4n) is 4.37. The van der Waals surface area contributed by atoms with Gasteiger partial charge in [0.25, 0.3) is 5.56 Å². The minimum Gasteiger partial charge on any atom is -0.292 e. The number of unbranched alkanes of at least 4 members (excludes halogenated alkanes) is 1. The molecule has 3 rings (SSSR count). The van der Waals surface area contributed by atoms with Gasteiger partial charge in [-0.05, 0) is 85.4 Å². The van der Waals surface area contributed by atoms with E-state index in [1.54, 1.807) is 16.0 Å². The van der Waals surface area contributed by atoms with E-state index in [0.29, 0.717) is 23.8 Å². The quantitative estimate of drug-likeness (QED) is 0.172. The normalized spacial score (nSPS) is 13.6. The van der Waals surface area contributed by atoms with Crippen molar-refractivity contribution < 1.29 is 0 Å². The Morgan fingerprint density at radius 3 is 2.71 bits per heavy atom. The molecule has 214 valence electrons. The molecule has 0 fully saturated rings. The van der Waals surface area contributed by atoms with Crippen molar-refractivity contribution in [2.75, 3.05) is 0 Å². The Hall–Kier alpha value is -3.59. The molecule has 4 nitrogen and oxygen atoms in total. The molecule has 0 atom stereocenters. The number of aromatic nitrogens is 2. The van der Waals surface area contributed by atoms with Gasteiger partial charge in [0.2, 0.25) is 0 Å². The lowest BCUT2D eigenvalue weighted by Crippen LogP contribution is -2.30. The number of thiol groups is 1. The Balaban J connectivity index is 0.00000138. The molecule has 0 N–H and O–H groups in total. The van der Waals surface area contributed by atoms with Crippen LogP contribution in [-0.2, 0) is 19.4 Å². The Morgan fingerprint density at radius 2 is 2.07 bits per heavy atom. The maximum absolute atomic E-state index is 13.9. The zero-order valence-electron chi connectivity index (χ0n) is 24.5. The van der Waals surface area contributed by atoms with Crippen LogP contribution < -0.4 is 5.56 Å². The minimum atomic E-state index is 0.0141. The second-order valence-corrected chi connectivity index (χ2v) is 10.4. The van der Waals surface area contributed by atoms with E-state index < -0.39 is 0 Å². The second kappa shape index (κ2) is 18.0. The first-order chi connectivity index (χ1) is 19.8. The van der Waals surface area contributed by atoms with Crippen LogP contribution in [0.4, 0.5) is 0 Å². The van der Waals surface area contributed by atoms with Crippen LogP contribution >= 0.6 is 24.2 Å². The van der Waals surface area contributed by atoms with Crippen molar-refractivity contribution in [3.05, 3.63) is 140 Å². The first kappa shape index (κ1) is 33.6. The van der Waals surface area contributed by atoms with Crippen LogP contribution in [0.25, 0.3) is 5.57 Å². The minimum absolute atomic E-state index is 0.0141. The number of allylic oxidation sites excluding steroid dienone is 12. The Kier molecular flexibility index (Phi) is 14.7. The average Bonchev–Trinajstić information content (AvgIpc) is 3.22. The summed E-state index contributed by atoms with van der Waals surface area (Å²) in [5.41, 5.74) is 7.19. The third-order valence-corrected chi connectivity index (χ3v) is 7.22. The maximum atomic E-state index is 13.9. The third-order valence-electron chi connectivity index (χ3n) is 6.67. The summed E-state index contributed by atoms with van der Waals surface area (Å²) in [6, 6.07) is 9.32. The van der Waals surface area contributed by atoms with Crippen LogP contribution in [-0.4, -0.2) is 9.55 Å². The van der Waals surface area contributed by atoms with E-state index in [1.165, 1.54) is 17.2 Å². The molecule has 0 amide bonds. The highest BCUT2D eigenvalue weighted by atomic mass is 35.5. The number of aryl methyl sites for hydroxylation is 2. The van der Waals surface area contributed by atoms with Gasteiger partial charge in [0.15, 0.2) is 0 Å². The highest BCUT2D eigenvalue weighted by Gasteiger charge is 2.17. The van der Waals surface area contributed by atoms with Gasteiger partial charge >= 0.3 is 0 Å². The molecule has 0 radical (unpaired) electrons. The molecule has 1 aliphatic rings. The molecule has 0 aliphatic heterocycles. The van der Waals surface area contributed by atoms with Crippen LogP contribution in [0.3, 0.4) is 0 Å². The van der Waals surface area contributed by atoms with Gasteiger partial charge in [-0.25, -0.2) is 4.98 Å². The summed E-state index contributed by atoms with van der Waals surface area (Å²) in [7, 11) is 0. The Labute approximate surface area is 255 Å². The number of halogens is 1. The lowest BCUT2D eigenvalue weighted by molar-refractivity contribution is 0.677. The molecule has 1 aromatic heterocycles. The molecular formula is C35H40ClN3OS. The molecule has 0 bridgehead atoms. The van der Waals surface area contributed by atoms with Crippen LogP contribution in [0.5, 0.6) is 0 Å². The first-order valence-electron chi connectivity index (χ1n) is 13.8. The Morgan fingerprint density at radius 1 is 1.32 bits per heavy atom. The van der Waals surface area contributed by atoms with E-state index in [0.717, 1.165) is 53.7 Å². The SMILES string of the molecule is C/C=C\C=C(/C)C1=CC=C(Cc2c(CCCC)nc(C)n(C/C(=C/S)c3cccc(Cl)c3)c2=O)C=CC1.C=CC#N. The van der Waals surface area contributed by atoms with Crippen LogP contribution in [0.2, 0.25) is 5.02 Å². The van der Waals surface area contributed by atoms with E-state index in [4.69, 9.17) is 21.8 Å². The monoisotopic (exact) mass is 585 g/mol. The molecular weight excluding hydrogens is 546 g/mol. The van der Waals surface area contributed by atoms with Gasteiger partial charge < -0.3 is 0 Å². The lowest BCUT2D eigenvalue weighted by atomic mass is 10.0. The van der Waals surface area contributed by atoms with Gasteiger partial charge in [-0.1, -0.05) is 86.2 Å². The molecule has 6 heteroatoms. The van der Waals surface area contributed by atoms with Crippen LogP contribution in [0.15, 0.2) is 106 Å². The van der Waals surface area contributed by atoms with Crippen molar-refractivity contribution in [2.45, 2.75) is 66.3 Å². The molecule has 0 saturated heterocycles. The summed E-state index contributed by atoms with van der Waals surface area (Å²) in [6.07, 6.45) is 20.3. The predicted molar refractivity (Wildman–Crippen MR) is 178 cm³/mol. The summed E-state index contributed by atoms with van der Waals surface area (Å²) in [5.74, 6) is 0.715. The summed E-state index contributed by atoms with van der Waals surface area (Å²) >= 11 is 10.7. The number of nitriles is 1. The summed E-state index contributed by atoms with van der Waals surface area (Å²) in [6.45, 7) is 11.7. The Bertz CT molecular complexity index is 1500. The zero-order chi connectivity index (χ0) is 30.2. The zero-order valence-corrected chi connectivity index (χ0v) is 26.2. The van der Waals surface area contributed by atoms with E-state index in [9.17, 15) is 4.79 Å². The number of hydrogen-bond acceptors (Lipinski definition) is 4. The van der Waals surface area contributed by atoms with Gasteiger partial charge in [-0.3, -0.25) is 9.36 Å². The van der Waals surface area contributed by atoms with Crippen molar-refractivity contribution in [1.29, 1.82) is 5.26 Å². The van der Waals surface area contributed by atoms with Crippen molar-refractivity contribution in [3.63, 3.8) is 0 Å². The van der Waals surface area contributed by atoms with E-state index in [-0.39, 0.29) is 5.56 Å². The second-order valence-electron chi connectivity index (χ2n) is 9.67. The molecule has 1 aromatic carbocycles.